The maximum atomic E-state index is 12.9. The first-order valence-electron chi connectivity index (χ1n) is 7.41. The number of rotatable bonds is 5. The quantitative estimate of drug-likeness (QED) is 0.583. The maximum Gasteiger partial charge on any atom is 0.275 e. The van der Waals surface area contributed by atoms with E-state index in [1.807, 2.05) is 0 Å². The van der Waals surface area contributed by atoms with Gasteiger partial charge in [-0.15, -0.1) is 12.4 Å². The fraction of sp³-hybridized carbons (Fsp3) is 0.571. The highest BCUT2D eigenvalue weighted by Crippen LogP contribution is 2.33. The van der Waals surface area contributed by atoms with Crippen molar-refractivity contribution in [2.75, 3.05) is 20.2 Å². The number of methoxy groups -OCH3 is 1. The predicted molar refractivity (Wildman–Crippen MR) is 96.9 cm³/mol. The van der Waals surface area contributed by atoms with E-state index in [2.05, 4.69) is 0 Å². The van der Waals surface area contributed by atoms with E-state index in [9.17, 15) is 18.5 Å². The largest absolute Gasteiger partial charge is 0.381 e. The zero-order valence-electron chi connectivity index (χ0n) is 13.8. The van der Waals surface area contributed by atoms with Crippen LogP contribution in [0.3, 0.4) is 0 Å². The second-order valence-corrected chi connectivity index (χ2v) is 7.99. The van der Waals surface area contributed by atoms with Gasteiger partial charge in [-0.2, -0.15) is 4.31 Å². The second-order valence-electron chi connectivity index (χ2n) is 5.69. The van der Waals surface area contributed by atoms with E-state index in [0.717, 1.165) is 6.07 Å². The molecule has 2 rings (SSSR count). The minimum atomic E-state index is -3.94. The molecule has 0 bridgehead atoms. The standard InChI is InChI=1S/C14H20ClN3O5S.ClH/c1-9-13(15)6-12(7-14(9)18(19)20)24(21,22)17-4-3-11(23-2)5-10(17)8-16;/h6-7,10-11H,3-5,8,16H2,1-2H3;1H. The smallest absolute Gasteiger partial charge is 0.275 e. The van der Waals surface area contributed by atoms with Crippen LogP contribution < -0.4 is 5.73 Å². The minimum absolute atomic E-state index is 0. The summed E-state index contributed by atoms with van der Waals surface area (Å²) in [5.41, 5.74) is 5.63. The van der Waals surface area contributed by atoms with Crippen molar-refractivity contribution >= 4 is 39.7 Å². The van der Waals surface area contributed by atoms with Crippen LogP contribution in [0.2, 0.25) is 5.02 Å². The fourth-order valence-corrected chi connectivity index (χ4v) is 4.84. The highest BCUT2D eigenvalue weighted by Gasteiger charge is 2.37. The monoisotopic (exact) mass is 413 g/mol. The summed E-state index contributed by atoms with van der Waals surface area (Å²) in [6.45, 7) is 1.85. The van der Waals surface area contributed by atoms with Gasteiger partial charge in [-0.3, -0.25) is 10.1 Å². The van der Waals surface area contributed by atoms with Gasteiger partial charge in [-0.25, -0.2) is 8.42 Å². The first-order valence-corrected chi connectivity index (χ1v) is 9.23. The molecule has 0 aromatic heterocycles. The molecule has 142 valence electrons. The van der Waals surface area contributed by atoms with E-state index < -0.39 is 21.0 Å². The molecule has 25 heavy (non-hydrogen) atoms. The Morgan fingerprint density at radius 3 is 2.64 bits per heavy atom. The van der Waals surface area contributed by atoms with Gasteiger partial charge in [0.05, 0.1) is 20.9 Å². The van der Waals surface area contributed by atoms with Gasteiger partial charge in [-0.05, 0) is 25.8 Å². The Balaban J connectivity index is 0.00000312. The lowest BCUT2D eigenvalue weighted by Gasteiger charge is -2.37. The van der Waals surface area contributed by atoms with Crippen LogP contribution in [0.1, 0.15) is 18.4 Å². The molecule has 1 aromatic carbocycles. The normalized spacial score (nSPS) is 21.6. The Morgan fingerprint density at radius 2 is 2.12 bits per heavy atom. The van der Waals surface area contributed by atoms with Gasteiger partial charge in [0.15, 0.2) is 0 Å². The first kappa shape index (κ1) is 22.1. The van der Waals surface area contributed by atoms with Crippen molar-refractivity contribution in [1.29, 1.82) is 0 Å². The molecule has 0 saturated carbocycles. The molecule has 0 amide bonds. The summed E-state index contributed by atoms with van der Waals surface area (Å²) in [7, 11) is -2.37. The molecule has 1 aliphatic heterocycles. The van der Waals surface area contributed by atoms with Crippen LogP contribution in [-0.2, 0) is 14.8 Å². The summed E-state index contributed by atoms with van der Waals surface area (Å²) in [4.78, 5) is 10.3. The van der Waals surface area contributed by atoms with Crippen molar-refractivity contribution in [2.45, 2.75) is 36.8 Å². The zero-order valence-corrected chi connectivity index (χ0v) is 16.2. The van der Waals surface area contributed by atoms with E-state index in [-0.39, 0.29) is 52.8 Å². The van der Waals surface area contributed by atoms with Crippen molar-refractivity contribution in [2.24, 2.45) is 5.73 Å². The Kier molecular flexibility index (Phi) is 7.60. The molecular formula is C14H21Cl2N3O5S. The van der Waals surface area contributed by atoms with Crippen LogP contribution in [-0.4, -0.2) is 50.0 Å². The second kappa shape index (κ2) is 8.61. The number of sulfonamides is 1. The molecule has 0 radical (unpaired) electrons. The Morgan fingerprint density at radius 1 is 1.48 bits per heavy atom. The van der Waals surface area contributed by atoms with E-state index in [1.165, 1.54) is 17.3 Å². The van der Waals surface area contributed by atoms with E-state index in [1.54, 1.807) is 7.11 Å². The van der Waals surface area contributed by atoms with Crippen molar-refractivity contribution < 1.29 is 18.1 Å². The predicted octanol–water partition coefficient (Wildman–Crippen LogP) is 2.11. The third-order valence-electron chi connectivity index (χ3n) is 4.31. The van der Waals surface area contributed by atoms with E-state index in [4.69, 9.17) is 22.1 Å². The lowest BCUT2D eigenvalue weighted by atomic mass is 10.0. The summed E-state index contributed by atoms with van der Waals surface area (Å²) in [5.74, 6) is 0. The van der Waals surface area contributed by atoms with Crippen LogP contribution in [0, 0.1) is 17.0 Å². The van der Waals surface area contributed by atoms with Gasteiger partial charge >= 0.3 is 0 Å². The first-order chi connectivity index (χ1) is 11.2. The lowest BCUT2D eigenvalue weighted by molar-refractivity contribution is -0.385. The van der Waals surface area contributed by atoms with Gasteiger partial charge in [-0.1, -0.05) is 11.6 Å². The molecular weight excluding hydrogens is 393 g/mol. The van der Waals surface area contributed by atoms with Crippen molar-refractivity contribution in [3.05, 3.63) is 32.8 Å². The number of hydrogen-bond acceptors (Lipinski definition) is 6. The van der Waals surface area contributed by atoms with Gasteiger partial charge in [0.2, 0.25) is 10.0 Å². The van der Waals surface area contributed by atoms with Crippen LogP contribution in [0.25, 0.3) is 0 Å². The zero-order chi connectivity index (χ0) is 18.1. The molecule has 0 spiro atoms. The number of nitro groups is 1. The molecule has 0 aliphatic carbocycles. The van der Waals surface area contributed by atoms with Crippen LogP contribution in [0.4, 0.5) is 5.69 Å². The number of nitro benzene ring substituents is 1. The van der Waals surface area contributed by atoms with Crippen LogP contribution in [0.5, 0.6) is 0 Å². The molecule has 1 saturated heterocycles. The van der Waals surface area contributed by atoms with Crippen LogP contribution in [0.15, 0.2) is 17.0 Å². The summed E-state index contributed by atoms with van der Waals surface area (Å²) in [6, 6.07) is 1.87. The molecule has 1 aliphatic rings. The molecule has 2 unspecified atom stereocenters. The van der Waals surface area contributed by atoms with Crippen molar-refractivity contribution in [3.8, 4) is 0 Å². The highest BCUT2D eigenvalue weighted by molar-refractivity contribution is 7.89. The minimum Gasteiger partial charge on any atom is -0.381 e. The number of halogens is 2. The molecule has 1 aromatic rings. The molecule has 8 nitrogen and oxygen atoms in total. The number of ether oxygens (including phenoxy) is 1. The summed E-state index contributed by atoms with van der Waals surface area (Å²) >= 11 is 5.99. The summed E-state index contributed by atoms with van der Waals surface area (Å²) in [5, 5.41) is 11.2. The molecule has 2 N–H and O–H groups in total. The average molecular weight is 414 g/mol. The van der Waals surface area contributed by atoms with Gasteiger partial charge in [0.25, 0.3) is 5.69 Å². The third kappa shape index (κ3) is 4.42. The lowest BCUT2D eigenvalue weighted by Crippen LogP contribution is -2.51. The van der Waals surface area contributed by atoms with E-state index in [0.29, 0.717) is 12.8 Å². The molecule has 11 heteroatoms. The Labute approximate surface area is 157 Å². The van der Waals surface area contributed by atoms with Crippen molar-refractivity contribution in [3.63, 3.8) is 0 Å². The molecule has 1 heterocycles. The molecule has 1 fully saturated rings. The third-order valence-corrected chi connectivity index (χ3v) is 6.63. The van der Waals surface area contributed by atoms with Crippen LogP contribution >= 0.6 is 24.0 Å². The summed E-state index contributed by atoms with van der Waals surface area (Å²) < 4.78 is 32.4. The van der Waals surface area contributed by atoms with Gasteiger partial charge < -0.3 is 10.5 Å². The molecule has 2 atom stereocenters. The SMILES string of the molecule is COC1CCN(S(=O)(=O)c2cc(Cl)c(C)c([N+](=O)[O-])c2)C(CN)C1.Cl. The highest BCUT2D eigenvalue weighted by atomic mass is 35.5. The Bertz CT molecular complexity index is 744. The Hall–Kier alpha value is -0.970. The van der Waals surface area contributed by atoms with Crippen molar-refractivity contribution in [1.82, 2.24) is 4.31 Å². The number of piperidine rings is 1. The topological polar surface area (TPSA) is 116 Å². The fourth-order valence-electron chi connectivity index (χ4n) is 2.85. The van der Waals surface area contributed by atoms with Gasteiger partial charge in [0, 0.05) is 37.9 Å². The number of benzene rings is 1. The average Bonchev–Trinajstić information content (AvgIpc) is 2.55. The van der Waals surface area contributed by atoms with Gasteiger partial charge in [0.1, 0.15) is 0 Å². The van der Waals surface area contributed by atoms with E-state index >= 15 is 0 Å². The summed E-state index contributed by atoms with van der Waals surface area (Å²) in [6.07, 6.45) is 0.961. The maximum absolute atomic E-state index is 12.9. The number of hydrogen-bond donors (Lipinski definition) is 1. The number of nitrogens with zero attached hydrogens (tertiary/aromatic N) is 2. The number of nitrogens with two attached hydrogens (primary N) is 1.